The van der Waals surface area contributed by atoms with E-state index in [4.69, 9.17) is 5.84 Å². The minimum Gasteiger partial charge on any atom is -0.304 e. The lowest BCUT2D eigenvalue weighted by Gasteiger charge is -2.17. The summed E-state index contributed by atoms with van der Waals surface area (Å²) in [6.07, 6.45) is 0.264. The molecule has 0 heterocycles. The zero-order chi connectivity index (χ0) is 5.86. The van der Waals surface area contributed by atoms with E-state index in [1.165, 1.54) is 0 Å². The Morgan fingerprint density at radius 1 is 1.71 bits per heavy atom. The molecular formula is C4H13N3. The van der Waals surface area contributed by atoms with Crippen LogP contribution >= 0.6 is 0 Å². The van der Waals surface area contributed by atoms with Crippen molar-refractivity contribution in [3.63, 3.8) is 0 Å². The zero-order valence-electron chi connectivity index (χ0n) is 5.10. The normalized spacial score (nSPS) is 15.0. The predicted molar refractivity (Wildman–Crippen MR) is 30.5 cm³/mol. The highest BCUT2D eigenvalue weighted by Gasteiger charge is 1.96. The third-order valence-corrected chi connectivity index (χ3v) is 1.03. The Morgan fingerprint density at radius 2 is 2.14 bits per heavy atom. The van der Waals surface area contributed by atoms with E-state index in [0.29, 0.717) is 0 Å². The average Bonchev–Trinajstić information content (AvgIpc) is 1.65. The average molecular weight is 103 g/mol. The first-order chi connectivity index (χ1) is 3.18. The quantitative estimate of drug-likeness (QED) is 0.277. The minimum atomic E-state index is 0.264. The van der Waals surface area contributed by atoms with Crippen LogP contribution in [-0.2, 0) is 0 Å². The fraction of sp³-hybridized carbons (Fsp3) is 1.00. The molecule has 0 aliphatic carbocycles. The summed E-state index contributed by atoms with van der Waals surface area (Å²) in [5.74, 6) is 5.32. The summed E-state index contributed by atoms with van der Waals surface area (Å²) in [4.78, 5) is 0. The van der Waals surface area contributed by atoms with Gasteiger partial charge in [-0.1, -0.05) is 0 Å². The summed E-state index contributed by atoms with van der Waals surface area (Å²) >= 11 is 0. The number of nitrogens with zero attached hydrogens (tertiary/aromatic N) is 1. The molecule has 3 nitrogen and oxygen atoms in total. The van der Waals surface area contributed by atoms with Crippen molar-refractivity contribution >= 4 is 0 Å². The van der Waals surface area contributed by atoms with E-state index in [0.717, 1.165) is 0 Å². The van der Waals surface area contributed by atoms with E-state index < -0.39 is 0 Å². The molecule has 0 spiro atoms. The fourth-order valence-electron chi connectivity index (χ4n) is 0.204. The lowest BCUT2D eigenvalue weighted by atomic mass is 10.6. The van der Waals surface area contributed by atoms with E-state index in [1.807, 2.05) is 21.0 Å². The first-order valence-electron chi connectivity index (χ1n) is 2.33. The number of rotatable bonds is 2. The summed E-state index contributed by atoms with van der Waals surface area (Å²) in [5.41, 5.74) is 0. The van der Waals surface area contributed by atoms with Gasteiger partial charge in [-0.15, -0.1) is 0 Å². The second kappa shape index (κ2) is 2.96. The summed E-state index contributed by atoms with van der Waals surface area (Å²) in [6, 6.07) is 0. The standard InChI is InChI=1S/C4H13N3/c1-4(6-2)7(3)5/h4,6H,5H2,1-3H3. The summed E-state index contributed by atoms with van der Waals surface area (Å²) < 4.78 is 0. The van der Waals surface area contributed by atoms with Gasteiger partial charge in [0.15, 0.2) is 0 Å². The number of nitrogens with two attached hydrogens (primary N) is 1. The van der Waals surface area contributed by atoms with E-state index in [2.05, 4.69) is 5.32 Å². The number of hydrogen-bond donors (Lipinski definition) is 2. The number of hydrogen-bond acceptors (Lipinski definition) is 3. The van der Waals surface area contributed by atoms with Crippen LogP contribution < -0.4 is 11.2 Å². The summed E-state index contributed by atoms with van der Waals surface area (Å²) in [7, 11) is 3.69. The van der Waals surface area contributed by atoms with Gasteiger partial charge in [-0.3, -0.25) is 5.84 Å². The van der Waals surface area contributed by atoms with Crippen LogP contribution in [-0.4, -0.2) is 25.3 Å². The molecule has 7 heavy (non-hydrogen) atoms. The molecular weight excluding hydrogens is 90.1 g/mol. The van der Waals surface area contributed by atoms with Crippen LogP contribution in [0.4, 0.5) is 0 Å². The van der Waals surface area contributed by atoms with Gasteiger partial charge in [0.1, 0.15) is 0 Å². The Labute approximate surface area is 44.5 Å². The van der Waals surface area contributed by atoms with Crippen LogP contribution in [0.5, 0.6) is 0 Å². The predicted octanol–water partition coefficient (Wildman–Crippen LogP) is -0.643. The van der Waals surface area contributed by atoms with Crippen LogP contribution in [0.15, 0.2) is 0 Å². The van der Waals surface area contributed by atoms with Crippen molar-refractivity contribution in [1.82, 2.24) is 10.3 Å². The van der Waals surface area contributed by atoms with Crippen molar-refractivity contribution in [1.29, 1.82) is 0 Å². The lowest BCUT2D eigenvalue weighted by molar-refractivity contribution is 0.237. The van der Waals surface area contributed by atoms with E-state index in [1.54, 1.807) is 5.01 Å². The van der Waals surface area contributed by atoms with E-state index >= 15 is 0 Å². The van der Waals surface area contributed by atoms with Gasteiger partial charge in [-0.2, -0.15) is 0 Å². The monoisotopic (exact) mass is 103 g/mol. The van der Waals surface area contributed by atoms with Crippen molar-refractivity contribution in [3.8, 4) is 0 Å². The molecule has 1 atom stereocenters. The molecule has 0 aromatic heterocycles. The SMILES string of the molecule is CNC(C)N(C)N. The molecule has 0 radical (unpaired) electrons. The highest BCUT2D eigenvalue weighted by Crippen LogP contribution is 1.76. The summed E-state index contributed by atoms with van der Waals surface area (Å²) in [6.45, 7) is 1.99. The van der Waals surface area contributed by atoms with Crippen molar-refractivity contribution in [2.45, 2.75) is 13.1 Å². The van der Waals surface area contributed by atoms with Gasteiger partial charge in [-0.25, -0.2) is 5.01 Å². The smallest absolute Gasteiger partial charge is 0.0696 e. The molecule has 0 aromatic rings. The van der Waals surface area contributed by atoms with Crippen LogP contribution in [0.25, 0.3) is 0 Å². The van der Waals surface area contributed by atoms with Gasteiger partial charge < -0.3 is 5.32 Å². The molecule has 0 rings (SSSR count). The Morgan fingerprint density at radius 3 is 2.14 bits per heavy atom. The third-order valence-electron chi connectivity index (χ3n) is 1.03. The topological polar surface area (TPSA) is 41.3 Å². The molecule has 44 valence electrons. The molecule has 3 heteroatoms. The van der Waals surface area contributed by atoms with Gasteiger partial charge in [0, 0.05) is 7.05 Å². The molecule has 1 unspecified atom stereocenters. The number of hydrazine groups is 1. The van der Waals surface area contributed by atoms with Crippen molar-refractivity contribution in [2.75, 3.05) is 14.1 Å². The van der Waals surface area contributed by atoms with Crippen LogP contribution in [0, 0.1) is 0 Å². The Kier molecular flexibility index (Phi) is 2.91. The fourth-order valence-corrected chi connectivity index (χ4v) is 0.204. The maximum atomic E-state index is 5.32. The highest BCUT2D eigenvalue weighted by molar-refractivity contribution is 4.46. The second-order valence-corrected chi connectivity index (χ2v) is 1.63. The van der Waals surface area contributed by atoms with Gasteiger partial charge in [0.2, 0.25) is 0 Å². The summed E-state index contributed by atoms with van der Waals surface area (Å²) in [5, 5.41) is 4.58. The van der Waals surface area contributed by atoms with Crippen molar-refractivity contribution < 1.29 is 0 Å². The molecule has 0 fully saturated rings. The van der Waals surface area contributed by atoms with Gasteiger partial charge in [0.05, 0.1) is 6.17 Å². The second-order valence-electron chi connectivity index (χ2n) is 1.63. The van der Waals surface area contributed by atoms with E-state index in [9.17, 15) is 0 Å². The first kappa shape index (κ1) is 6.88. The zero-order valence-corrected chi connectivity index (χ0v) is 5.10. The Balaban J connectivity index is 3.14. The molecule has 0 saturated heterocycles. The molecule has 0 aromatic carbocycles. The van der Waals surface area contributed by atoms with Crippen LogP contribution in [0.1, 0.15) is 6.92 Å². The molecule has 0 bridgehead atoms. The third kappa shape index (κ3) is 2.56. The maximum absolute atomic E-state index is 5.32. The van der Waals surface area contributed by atoms with Crippen LogP contribution in [0.2, 0.25) is 0 Å². The minimum absolute atomic E-state index is 0.264. The van der Waals surface area contributed by atoms with Crippen molar-refractivity contribution in [2.24, 2.45) is 5.84 Å². The van der Waals surface area contributed by atoms with Crippen molar-refractivity contribution in [3.05, 3.63) is 0 Å². The molecule has 0 aliphatic heterocycles. The lowest BCUT2D eigenvalue weighted by Crippen LogP contribution is -2.43. The highest BCUT2D eigenvalue weighted by atomic mass is 15.4. The van der Waals surface area contributed by atoms with Gasteiger partial charge in [-0.05, 0) is 14.0 Å². The van der Waals surface area contributed by atoms with E-state index in [-0.39, 0.29) is 6.17 Å². The van der Waals surface area contributed by atoms with Gasteiger partial charge in [0.25, 0.3) is 0 Å². The van der Waals surface area contributed by atoms with Crippen LogP contribution in [0.3, 0.4) is 0 Å². The molecule has 0 amide bonds. The molecule has 0 saturated carbocycles. The molecule has 3 N–H and O–H groups in total. The largest absolute Gasteiger partial charge is 0.304 e. The van der Waals surface area contributed by atoms with Gasteiger partial charge >= 0.3 is 0 Å². The Hall–Kier alpha value is -0.120. The Bertz CT molecular complexity index is 44.2. The maximum Gasteiger partial charge on any atom is 0.0696 e. The molecule has 0 aliphatic rings. The first-order valence-corrected chi connectivity index (χ1v) is 2.33. The number of nitrogens with one attached hydrogen (secondary N) is 1.